The highest BCUT2D eigenvalue weighted by molar-refractivity contribution is 6.13. The molecule has 8 heteroatoms. The molecular formula is C23H33F2N5O. The molecule has 0 spiro atoms. The number of likely N-dealkylation sites (N-methyl/N-ethyl adjacent to an activating group) is 1. The van der Waals surface area contributed by atoms with Crippen molar-refractivity contribution in [1.82, 2.24) is 20.9 Å². The largest absolute Gasteiger partial charge is 0.396 e. The van der Waals surface area contributed by atoms with Crippen molar-refractivity contribution in [3.8, 4) is 0 Å². The third kappa shape index (κ3) is 7.88. The van der Waals surface area contributed by atoms with Gasteiger partial charge in [-0.05, 0) is 50.9 Å². The standard InChI is InChI=1S/C23H33F2N5O/c1-16-12-18(14-30-20(16)6-8-23(3,24)25)13-27-15-19-21(26-4)7-10-29-22(19)17(2)28-9-5-11-31/h7,10,12,14-15,21,26-28,31H,2,5-6,8-9,11,13H2,1,3-4H3/b19-15+. The van der Waals surface area contributed by atoms with Crippen molar-refractivity contribution in [3.05, 3.63) is 65.4 Å². The number of alkyl halides is 2. The normalized spacial score (nSPS) is 17.5. The Kier molecular flexibility index (Phi) is 9.33. The van der Waals surface area contributed by atoms with Gasteiger partial charge in [0.05, 0.1) is 17.5 Å². The van der Waals surface area contributed by atoms with Crippen LogP contribution in [0.25, 0.3) is 0 Å². The van der Waals surface area contributed by atoms with Crippen molar-refractivity contribution in [2.75, 3.05) is 20.2 Å². The molecule has 2 heterocycles. The number of pyridine rings is 1. The van der Waals surface area contributed by atoms with E-state index >= 15 is 0 Å². The zero-order valence-corrected chi connectivity index (χ0v) is 18.5. The molecule has 1 aliphatic heterocycles. The molecule has 0 bridgehead atoms. The summed E-state index contributed by atoms with van der Waals surface area (Å²) in [6.07, 6.45) is 8.02. The molecule has 0 saturated heterocycles. The second-order valence-electron chi connectivity index (χ2n) is 7.73. The van der Waals surface area contributed by atoms with Crippen LogP contribution in [0.15, 0.2) is 53.6 Å². The zero-order chi connectivity index (χ0) is 22.9. The summed E-state index contributed by atoms with van der Waals surface area (Å²) in [5.74, 6) is -2.69. The maximum absolute atomic E-state index is 13.1. The monoisotopic (exact) mass is 433 g/mol. The average molecular weight is 434 g/mol. The Hall–Kier alpha value is -2.58. The summed E-state index contributed by atoms with van der Waals surface area (Å²) >= 11 is 0. The second-order valence-corrected chi connectivity index (χ2v) is 7.73. The number of halogens is 2. The van der Waals surface area contributed by atoms with E-state index in [4.69, 9.17) is 5.11 Å². The Morgan fingerprint density at radius 3 is 2.81 bits per heavy atom. The summed E-state index contributed by atoms with van der Waals surface area (Å²) in [4.78, 5) is 8.85. The van der Waals surface area contributed by atoms with E-state index in [1.165, 1.54) is 0 Å². The smallest absolute Gasteiger partial charge is 0.245 e. The summed E-state index contributed by atoms with van der Waals surface area (Å²) in [5.41, 5.74) is 4.97. The van der Waals surface area contributed by atoms with Crippen LogP contribution in [0.5, 0.6) is 0 Å². The fraction of sp³-hybridized carbons (Fsp3) is 0.478. The van der Waals surface area contributed by atoms with Gasteiger partial charge in [0.15, 0.2) is 0 Å². The Morgan fingerprint density at radius 1 is 1.39 bits per heavy atom. The predicted octanol–water partition coefficient (Wildman–Crippen LogP) is 2.99. The van der Waals surface area contributed by atoms with Crippen LogP contribution in [-0.4, -0.2) is 48.0 Å². The Morgan fingerprint density at radius 2 is 2.16 bits per heavy atom. The maximum atomic E-state index is 13.1. The number of aliphatic hydroxyl groups excluding tert-OH is 1. The number of rotatable bonds is 12. The minimum Gasteiger partial charge on any atom is -0.396 e. The molecule has 0 amide bonds. The minimum absolute atomic E-state index is 0.0191. The van der Waals surface area contributed by atoms with Gasteiger partial charge in [-0.2, -0.15) is 0 Å². The first-order valence-electron chi connectivity index (χ1n) is 10.5. The molecule has 1 atom stereocenters. The van der Waals surface area contributed by atoms with Gasteiger partial charge in [-0.1, -0.05) is 12.6 Å². The van der Waals surface area contributed by atoms with E-state index in [0.717, 1.165) is 29.3 Å². The van der Waals surface area contributed by atoms with Gasteiger partial charge >= 0.3 is 0 Å². The van der Waals surface area contributed by atoms with E-state index in [1.54, 1.807) is 12.4 Å². The second kappa shape index (κ2) is 11.7. The molecule has 1 aliphatic rings. The quantitative estimate of drug-likeness (QED) is 0.381. The van der Waals surface area contributed by atoms with E-state index < -0.39 is 5.92 Å². The van der Waals surface area contributed by atoms with Crippen LogP contribution >= 0.6 is 0 Å². The SMILES string of the molecule is C=C(NCCCO)C1=NC=CC(NC)/C1=C\NCc1cnc(CCC(C)(F)F)c(C)c1. The molecule has 6 nitrogen and oxygen atoms in total. The summed E-state index contributed by atoms with van der Waals surface area (Å²) < 4.78 is 26.2. The lowest BCUT2D eigenvalue weighted by Crippen LogP contribution is -2.35. The van der Waals surface area contributed by atoms with Crippen LogP contribution in [0.4, 0.5) is 8.78 Å². The Bertz CT molecular complexity index is 843. The van der Waals surface area contributed by atoms with Crippen molar-refractivity contribution in [1.29, 1.82) is 0 Å². The van der Waals surface area contributed by atoms with Gasteiger partial charge in [-0.25, -0.2) is 8.78 Å². The molecule has 31 heavy (non-hydrogen) atoms. The number of allylic oxidation sites excluding steroid dienone is 1. The number of aliphatic hydroxyl groups is 1. The number of aromatic nitrogens is 1. The van der Waals surface area contributed by atoms with Crippen LogP contribution in [0, 0.1) is 6.92 Å². The molecule has 0 fully saturated rings. The van der Waals surface area contributed by atoms with Gasteiger partial charge in [0, 0.05) is 56.0 Å². The van der Waals surface area contributed by atoms with E-state index in [0.29, 0.717) is 30.9 Å². The number of nitrogens with one attached hydrogen (secondary N) is 3. The molecule has 0 radical (unpaired) electrons. The number of aryl methyl sites for hydroxylation is 2. The number of aliphatic imine (C=N–C) groups is 1. The van der Waals surface area contributed by atoms with Gasteiger partial charge in [-0.3, -0.25) is 9.98 Å². The highest BCUT2D eigenvalue weighted by Crippen LogP contribution is 2.21. The van der Waals surface area contributed by atoms with Crippen LogP contribution in [0.2, 0.25) is 0 Å². The topological polar surface area (TPSA) is 81.6 Å². The van der Waals surface area contributed by atoms with Crippen LogP contribution in [0.1, 0.15) is 36.6 Å². The number of hydrogen-bond donors (Lipinski definition) is 4. The highest BCUT2D eigenvalue weighted by Gasteiger charge is 2.22. The molecule has 1 aromatic heterocycles. The van der Waals surface area contributed by atoms with Gasteiger partial charge in [0.1, 0.15) is 0 Å². The van der Waals surface area contributed by atoms with E-state index in [-0.39, 0.29) is 25.5 Å². The van der Waals surface area contributed by atoms with Crippen LogP contribution < -0.4 is 16.0 Å². The van der Waals surface area contributed by atoms with Gasteiger partial charge in [0.2, 0.25) is 5.92 Å². The van der Waals surface area contributed by atoms with E-state index in [2.05, 4.69) is 32.5 Å². The number of nitrogens with zero attached hydrogens (tertiary/aromatic N) is 2. The fourth-order valence-corrected chi connectivity index (χ4v) is 3.23. The molecule has 1 aromatic rings. The first-order chi connectivity index (χ1) is 14.7. The average Bonchev–Trinajstić information content (AvgIpc) is 2.72. The van der Waals surface area contributed by atoms with Crippen molar-refractivity contribution < 1.29 is 13.9 Å². The predicted molar refractivity (Wildman–Crippen MR) is 121 cm³/mol. The summed E-state index contributed by atoms with van der Waals surface area (Å²) in [7, 11) is 1.87. The third-order valence-corrected chi connectivity index (χ3v) is 4.97. The number of hydrogen-bond acceptors (Lipinski definition) is 6. The lowest BCUT2D eigenvalue weighted by Gasteiger charge is -2.23. The van der Waals surface area contributed by atoms with Gasteiger partial charge in [-0.15, -0.1) is 0 Å². The molecule has 0 aromatic carbocycles. The molecular weight excluding hydrogens is 400 g/mol. The van der Waals surface area contributed by atoms with Crippen molar-refractivity contribution >= 4 is 5.71 Å². The van der Waals surface area contributed by atoms with Gasteiger partial charge < -0.3 is 21.1 Å². The lowest BCUT2D eigenvalue weighted by molar-refractivity contribution is 0.0130. The van der Waals surface area contributed by atoms with Crippen LogP contribution in [-0.2, 0) is 13.0 Å². The van der Waals surface area contributed by atoms with E-state index in [1.807, 2.05) is 32.3 Å². The van der Waals surface area contributed by atoms with Crippen LogP contribution in [0.3, 0.4) is 0 Å². The maximum Gasteiger partial charge on any atom is 0.245 e. The molecule has 0 saturated carbocycles. The summed E-state index contributed by atoms with van der Waals surface area (Å²) in [6, 6.07) is 1.96. The molecule has 1 unspecified atom stereocenters. The molecule has 170 valence electrons. The molecule has 4 N–H and O–H groups in total. The molecule has 0 aliphatic carbocycles. The third-order valence-electron chi connectivity index (χ3n) is 4.97. The summed E-state index contributed by atoms with van der Waals surface area (Å²) in [5, 5.41) is 18.7. The minimum atomic E-state index is -2.69. The Balaban J connectivity index is 2.04. The van der Waals surface area contributed by atoms with Crippen molar-refractivity contribution in [2.45, 2.75) is 51.6 Å². The fourth-order valence-electron chi connectivity index (χ4n) is 3.23. The molecule has 2 rings (SSSR count). The zero-order valence-electron chi connectivity index (χ0n) is 18.5. The Labute approximate surface area is 183 Å². The lowest BCUT2D eigenvalue weighted by atomic mass is 9.98. The van der Waals surface area contributed by atoms with Crippen molar-refractivity contribution in [3.63, 3.8) is 0 Å². The summed E-state index contributed by atoms with van der Waals surface area (Å²) in [6.45, 7) is 8.17. The van der Waals surface area contributed by atoms with Gasteiger partial charge in [0.25, 0.3) is 0 Å². The first kappa shape index (κ1) is 24.7. The van der Waals surface area contributed by atoms with Crippen molar-refractivity contribution in [2.24, 2.45) is 4.99 Å². The van der Waals surface area contributed by atoms with E-state index in [9.17, 15) is 8.78 Å². The highest BCUT2D eigenvalue weighted by atomic mass is 19.3. The first-order valence-corrected chi connectivity index (χ1v) is 10.5.